The van der Waals surface area contributed by atoms with Crippen molar-refractivity contribution in [2.75, 3.05) is 46.3 Å². The van der Waals surface area contributed by atoms with E-state index in [1.165, 1.54) is 32.5 Å². The summed E-state index contributed by atoms with van der Waals surface area (Å²) in [6, 6.07) is 2.36. The number of piperazine rings is 1. The topological polar surface area (TPSA) is 42.3 Å². The Kier molecular flexibility index (Phi) is 4.60. The number of nitrogens with one attached hydrogen (secondary N) is 1. The fraction of sp³-hybridized carbons (Fsp3) is 0.929. The minimum Gasteiger partial charge on any atom is -0.303 e. The summed E-state index contributed by atoms with van der Waals surface area (Å²) in [6.45, 7) is 9.08. The summed E-state index contributed by atoms with van der Waals surface area (Å²) in [5.41, 5.74) is -0.370. The molecule has 0 spiro atoms. The molecule has 0 radical (unpaired) electrons. The molecule has 1 N–H and O–H groups in total. The summed E-state index contributed by atoms with van der Waals surface area (Å²) in [5.74, 6) is 1.00. The summed E-state index contributed by atoms with van der Waals surface area (Å²) in [5, 5.41) is 12.2. The Bertz CT molecular complexity index is 299. The molecule has 0 aromatic carbocycles. The number of nitrogens with zero attached hydrogens (tertiary/aromatic N) is 3. The van der Waals surface area contributed by atoms with Crippen LogP contribution in [-0.4, -0.2) is 61.7 Å². The van der Waals surface area contributed by atoms with Crippen LogP contribution in [0.2, 0.25) is 0 Å². The summed E-state index contributed by atoms with van der Waals surface area (Å²) in [6.07, 6.45) is 3.80. The van der Waals surface area contributed by atoms with Crippen LogP contribution in [0.5, 0.6) is 0 Å². The van der Waals surface area contributed by atoms with E-state index in [0.717, 1.165) is 32.0 Å². The monoisotopic (exact) mass is 250 g/mol. The molecule has 4 nitrogen and oxygen atoms in total. The molecule has 0 aromatic heterocycles. The highest BCUT2D eigenvalue weighted by Gasteiger charge is 2.27. The quantitative estimate of drug-likeness (QED) is 0.761. The summed E-state index contributed by atoms with van der Waals surface area (Å²) < 4.78 is 0. The second kappa shape index (κ2) is 6.01. The minimum absolute atomic E-state index is 0.370. The van der Waals surface area contributed by atoms with Gasteiger partial charge in [-0.05, 0) is 39.2 Å². The van der Waals surface area contributed by atoms with Crippen molar-refractivity contribution in [3.05, 3.63) is 0 Å². The molecular formula is C14H26N4. The first kappa shape index (κ1) is 13.8. The van der Waals surface area contributed by atoms with Gasteiger partial charge >= 0.3 is 0 Å². The maximum Gasteiger partial charge on any atom is 0.104 e. The SMILES string of the molecule is CNC(C)(C#N)CCN1CCN(CC2CC2)CC1. The number of hydrogen-bond donors (Lipinski definition) is 1. The lowest BCUT2D eigenvalue weighted by Crippen LogP contribution is -2.49. The predicted molar refractivity (Wildman–Crippen MR) is 73.3 cm³/mol. The first-order valence-corrected chi connectivity index (χ1v) is 7.20. The Balaban J connectivity index is 1.65. The molecule has 1 aliphatic carbocycles. The van der Waals surface area contributed by atoms with Crippen molar-refractivity contribution in [1.29, 1.82) is 5.26 Å². The molecule has 102 valence electrons. The highest BCUT2D eigenvalue weighted by molar-refractivity contribution is 5.03. The van der Waals surface area contributed by atoms with E-state index in [1.807, 2.05) is 14.0 Å². The molecule has 2 fully saturated rings. The molecule has 1 saturated carbocycles. The van der Waals surface area contributed by atoms with Crippen molar-refractivity contribution in [1.82, 2.24) is 15.1 Å². The standard InChI is InChI=1S/C14H26N4/c1-14(12-15,16-2)5-6-17-7-9-18(10-8-17)11-13-3-4-13/h13,16H,3-11H2,1-2H3. The summed E-state index contributed by atoms with van der Waals surface area (Å²) in [7, 11) is 1.87. The van der Waals surface area contributed by atoms with Crippen LogP contribution in [-0.2, 0) is 0 Å². The predicted octanol–water partition coefficient (Wildman–Crippen LogP) is 0.906. The first-order chi connectivity index (χ1) is 8.65. The largest absolute Gasteiger partial charge is 0.303 e. The van der Waals surface area contributed by atoms with Gasteiger partial charge in [0.25, 0.3) is 0 Å². The molecule has 4 heteroatoms. The molecule has 0 aromatic rings. The molecule has 1 saturated heterocycles. The van der Waals surface area contributed by atoms with Crippen LogP contribution in [0.3, 0.4) is 0 Å². The van der Waals surface area contributed by atoms with Crippen LogP contribution in [0.1, 0.15) is 26.2 Å². The molecule has 0 bridgehead atoms. The average Bonchev–Trinajstić information content (AvgIpc) is 3.21. The number of rotatable bonds is 6. The molecule has 2 rings (SSSR count). The smallest absolute Gasteiger partial charge is 0.104 e. The van der Waals surface area contributed by atoms with Gasteiger partial charge in [-0.2, -0.15) is 5.26 Å². The van der Waals surface area contributed by atoms with E-state index in [1.54, 1.807) is 0 Å². The van der Waals surface area contributed by atoms with E-state index in [0.29, 0.717) is 0 Å². The van der Waals surface area contributed by atoms with Gasteiger partial charge < -0.3 is 15.1 Å². The average molecular weight is 250 g/mol. The van der Waals surface area contributed by atoms with Gasteiger partial charge in [-0.1, -0.05) is 0 Å². The highest BCUT2D eigenvalue weighted by Crippen LogP contribution is 2.29. The van der Waals surface area contributed by atoms with Gasteiger partial charge in [-0.3, -0.25) is 0 Å². The van der Waals surface area contributed by atoms with E-state index in [4.69, 9.17) is 5.26 Å². The van der Waals surface area contributed by atoms with Gasteiger partial charge in [-0.15, -0.1) is 0 Å². The third-order valence-electron chi connectivity index (χ3n) is 4.40. The lowest BCUT2D eigenvalue weighted by molar-refractivity contribution is 0.122. The zero-order chi connectivity index (χ0) is 13.0. The molecule has 0 amide bonds. The van der Waals surface area contributed by atoms with E-state index >= 15 is 0 Å². The molecule has 1 heterocycles. The van der Waals surface area contributed by atoms with Gasteiger partial charge in [0, 0.05) is 39.3 Å². The van der Waals surface area contributed by atoms with Crippen molar-refractivity contribution in [2.45, 2.75) is 31.7 Å². The molecule has 2 aliphatic rings. The van der Waals surface area contributed by atoms with Gasteiger partial charge in [-0.25, -0.2) is 0 Å². The van der Waals surface area contributed by atoms with Gasteiger partial charge in [0.1, 0.15) is 5.54 Å². The van der Waals surface area contributed by atoms with Crippen LogP contribution in [0.25, 0.3) is 0 Å². The molecule has 1 aliphatic heterocycles. The molecule has 1 atom stereocenters. The van der Waals surface area contributed by atoms with Crippen molar-refractivity contribution >= 4 is 0 Å². The van der Waals surface area contributed by atoms with Crippen molar-refractivity contribution in [2.24, 2.45) is 5.92 Å². The Morgan fingerprint density at radius 3 is 2.33 bits per heavy atom. The van der Waals surface area contributed by atoms with Crippen LogP contribution >= 0.6 is 0 Å². The molecular weight excluding hydrogens is 224 g/mol. The Morgan fingerprint density at radius 2 is 1.83 bits per heavy atom. The lowest BCUT2D eigenvalue weighted by Gasteiger charge is -2.36. The van der Waals surface area contributed by atoms with E-state index < -0.39 is 0 Å². The van der Waals surface area contributed by atoms with E-state index in [-0.39, 0.29) is 5.54 Å². The summed E-state index contributed by atoms with van der Waals surface area (Å²) in [4.78, 5) is 5.10. The van der Waals surface area contributed by atoms with Gasteiger partial charge in [0.15, 0.2) is 0 Å². The highest BCUT2D eigenvalue weighted by atomic mass is 15.3. The second-order valence-electron chi connectivity index (χ2n) is 6.03. The minimum atomic E-state index is -0.370. The lowest BCUT2D eigenvalue weighted by atomic mass is 10.00. The van der Waals surface area contributed by atoms with E-state index in [2.05, 4.69) is 21.2 Å². The fourth-order valence-corrected chi connectivity index (χ4v) is 2.48. The Labute approximate surface area is 111 Å². The van der Waals surface area contributed by atoms with Gasteiger partial charge in [0.2, 0.25) is 0 Å². The van der Waals surface area contributed by atoms with E-state index in [9.17, 15) is 0 Å². The third-order valence-corrected chi connectivity index (χ3v) is 4.40. The Morgan fingerprint density at radius 1 is 1.22 bits per heavy atom. The molecule has 18 heavy (non-hydrogen) atoms. The van der Waals surface area contributed by atoms with Crippen LogP contribution in [0, 0.1) is 17.2 Å². The Hall–Kier alpha value is -0.630. The maximum atomic E-state index is 9.12. The van der Waals surface area contributed by atoms with Crippen molar-refractivity contribution in [3.63, 3.8) is 0 Å². The third kappa shape index (κ3) is 3.94. The normalized spacial score (nSPS) is 25.6. The van der Waals surface area contributed by atoms with Crippen molar-refractivity contribution in [3.8, 4) is 6.07 Å². The van der Waals surface area contributed by atoms with Crippen LogP contribution < -0.4 is 5.32 Å². The number of nitriles is 1. The van der Waals surface area contributed by atoms with Crippen LogP contribution in [0.4, 0.5) is 0 Å². The van der Waals surface area contributed by atoms with Gasteiger partial charge in [0.05, 0.1) is 6.07 Å². The second-order valence-corrected chi connectivity index (χ2v) is 6.03. The number of hydrogen-bond acceptors (Lipinski definition) is 4. The van der Waals surface area contributed by atoms with Crippen LogP contribution in [0.15, 0.2) is 0 Å². The first-order valence-electron chi connectivity index (χ1n) is 7.20. The fourth-order valence-electron chi connectivity index (χ4n) is 2.48. The zero-order valence-electron chi connectivity index (χ0n) is 11.8. The maximum absolute atomic E-state index is 9.12. The van der Waals surface area contributed by atoms with Crippen molar-refractivity contribution < 1.29 is 0 Å². The summed E-state index contributed by atoms with van der Waals surface area (Å²) >= 11 is 0. The zero-order valence-corrected chi connectivity index (χ0v) is 11.8. The molecule has 1 unspecified atom stereocenters.